The zero-order valence-corrected chi connectivity index (χ0v) is 9.86. The first kappa shape index (κ1) is 13.3. The molecule has 0 aromatic carbocycles. The van der Waals surface area contributed by atoms with Crippen LogP contribution >= 0.6 is 11.8 Å². The average Bonchev–Trinajstić information content (AvgIpc) is 2.12. The molecule has 0 amide bonds. The SMILES string of the molecule is CCC(O)(CC)CSCCC(C)N. The smallest absolute Gasteiger partial charge is 0.0732 e. The summed E-state index contributed by atoms with van der Waals surface area (Å²) in [6.07, 6.45) is 2.72. The molecule has 0 bridgehead atoms. The Morgan fingerprint density at radius 3 is 2.31 bits per heavy atom. The summed E-state index contributed by atoms with van der Waals surface area (Å²) in [7, 11) is 0. The van der Waals surface area contributed by atoms with E-state index in [1.807, 2.05) is 32.5 Å². The number of nitrogens with two attached hydrogens (primary N) is 1. The Bertz CT molecular complexity index is 124. The van der Waals surface area contributed by atoms with E-state index in [2.05, 4.69) is 0 Å². The van der Waals surface area contributed by atoms with Crippen molar-refractivity contribution in [1.82, 2.24) is 0 Å². The van der Waals surface area contributed by atoms with Gasteiger partial charge in [0.15, 0.2) is 0 Å². The van der Waals surface area contributed by atoms with Crippen molar-refractivity contribution in [2.45, 2.75) is 51.7 Å². The van der Waals surface area contributed by atoms with E-state index >= 15 is 0 Å². The Morgan fingerprint density at radius 1 is 1.38 bits per heavy atom. The quantitative estimate of drug-likeness (QED) is 0.625. The van der Waals surface area contributed by atoms with Crippen molar-refractivity contribution in [3.63, 3.8) is 0 Å². The van der Waals surface area contributed by atoms with Gasteiger partial charge in [-0.25, -0.2) is 0 Å². The normalized spacial score (nSPS) is 14.5. The lowest BCUT2D eigenvalue weighted by atomic mass is 10.0. The van der Waals surface area contributed by atoms with Crippen LogP contribution in [0.25, 0.3) is 0 Å². The minimum absolute atomic E-state index is 0.281. The van der Waals surface area contributed by atoms with Crippen LogP contribution in [-0.4, -0.2) is 28.3 Å². The molecule has 0 radical (unpaired) electrons. The van der Waals surface area contributed by atoms with Gasteiger partial charge in [0, 0.05) is 11.8 Å². The first-order valence-corrected chi connectivity index (χ1v) is 6.25. The van der Waals surface area contributed by atoms with Crippen LogP contribution in [0.3, 0.4) is 0 Å². The molecule has 0 fully saturated rings. The van der Waals surface area contributed by atoms with Crippen molar-refractivity contribution < 1.29 is 5.11 Å². The first-order chi connectivity index (χ1) is 6.04. The fraction of sp³-hybridized carbons (Fsp3) is 1.00. The van der Waals surface area contributed by atoms with Crippen molar-refractivity contribution in [3.05, 3.63) is 0 Å². The van der Waals surface area contributed by atoms with Gasteiger partial charge < -0.3 is 10.8 Å². The molecule has 0 rings (SSSR count). The van der Waals surface area contributed by atoms with Crippen molar-refractivity contribution >= 4 is 11.8 Å². The summed E-state index contributed by atoms with van der Waals surface area (Å²) < 4.78 is 0. The number of hydrogen-bond donors (Lipinski definition) is 2. The zero-order chi connectivity index (χ0) is 10.3. The van der Waals surface area contributed by atoms with Gasteiger partial charge in [-0.05, 0) is 31.9 Å². The molecule has 0 spiro atoms. The number of hydrogen-bond acceptors (Lipinski definition) is 3. The first-order valence-electron chi connectivity index (χ1n) is 5.09. The van der Waals surface area contributed by atoms with Crippen LogP contribution in [0.5, 0.6) is 0 Å². The topological polar surface area (TPSA) is 46.2 Å². The van der Waals surface area contributed by atoms with E-state index in [0.29, 0.717) is 0 Å². The standard InChI is InChI=1S/C10H23NOS/c1-4-10(12,5-2)8-13-7-6-9(3)11/h9,12H,4-8,11H2,1-3H3. The fourth-order valence-electron chi connectivity index (χ4n) is 0.985. The Hall–Kier alpha value is 0.270. The Balaban J connectivity index is 3.50. The maximum Gasteiger partial charge on any atom is 0.0732 e. The molecule has 0 aromatic heterocycles. The van der Waals surface area contributed by atoms with Gasteiger partial charge in [0.25, 0.3) is 0 Å². The van der Waals surface area contributed by atoms with Gasteiger partial charge >= 0.3 is 0 Å². The van der Waals surface area contributed by atoms with Crippen molar-refractivity contribution in [2.75, 3.05) is 11.5 Å². The number of thioether (sulfide) groups is 1. The van der Waals surface area contributed by atoms with Gasteiger partial charge in [0.1, 0.15) is 0 Å². The third kappa shape index (κ3) is 6.36. The molecule has 1 atom stereocenters. The second-order valence-electron chi connectivity index (χ2n) is 3.75. The summed E-state index contributed by atoms with van der Waals surface area (Å²) in [5, 5.41) is 9.94. The van der Waals surface area contributed by atoms with Crippen molar-refractivity contribution in [1.29, 1.82) is 0 Å². The van der Waals surface area contributed by atoms with Crippen molar-refractivity contribution in [3.8, 4) is 0 Å². The minimum atomic E-state index is -0.456. The highest BCUT2D eigenvalue weighted by Crippen LogP contribution is 2.21. The van der Waals surface area contributed by atoms with E-state index in [0.717, 1.165) is 30.8 Å². The van der Waals surface area contributed by atoms with E-state index in [1.54, 1.807) is 0 Å². The zero-order valence-electron chi connectivity index (χ0n) is 9.05. The molecule has 0 saturated heterocycles. The van der Waals surface area contributed by atoms with Crippen LogP contribution in [0.2, 0.25) is 0 Å². The van der Waals surface area contributed by atoms with Crippen LogP contribution in [0.1, 0.15) is 40.0 Å². The van der Waals surface area contributed by atoms with Crippen LogP contribution < -0.4 is 5.73 Å². The Morgan fingerprint density at radius 2 is 1.92 bits per heavy atom. The second kappa shape index (κ2) is 6.68. The molecule has 0 aliphatic carbocycles. The van der Waals surface area contributed by atoms with Crippen LogP contribution in [0, 0.1) is 0 Å². The average molecular weight is 205 g/mol. The molecule has 0 aliphatic heterocycles. The van der Waals surface area contributed by atoms with E-state index in [-0.39, 0.29) is 6.04 Å². The summed E-state index contributed by atoms with van der Waals surface area (Å²) in [5.41, 5.74) is 5.18. The van der Waals surface area contributed by atoms with Gasteiger partial charge in [-0.1, -0.05) is 13.8 Å². The van der Waals surface area contributed by atoms with E-state index in [1.165, 1.54) is 0 Å². The summed E-state index contributed by atoms with van der Waals surface area (Å²) >= 11 is 1.81. The largest absolute Gasteiger partial charge is 0.389 e. The lowest BCUT2D eigenvalue weighted by molar-refractivity contribution is 0.0572. The second-order valence-corrected chi connectivity index (χ2v) is 4.86. The molecule has 3 N–H and O–H groups in total. The molecule has 3 heteroatoms. The number of aliphatic hydroxyl groups is 1. The van der Waals surface area contributed by atoms with Gasteiger partial charge in [0.2, 0.25) is 0 Å². The van der Waals surface area contributed by atoms with Crippen LogP contribution in [0.4, 0.5) is 0 Å². The molecule has 2 nitrogen and oxygen atoms in total. The lowest BCUT2D eigenvalue weighted by Gasteiger charge is -2.24. The maximum atomic E-state index is 9.94. The van der Waals surface area contributed by atoms with Crippen molar-refractivity contribution in [2.24, 2.45) is 5.73 Å². The maximum absolute atomic E-state index is 9.94. The molecule has 0 aromatic rings. The highest BCUT2D eigenvalue weighted by molar-refractivity contribution is 7.99. The van der Waals surface area contributed by atoms with Gasteiger partial charge in [0.05, 0.1) is 5.60 Å². The highest BCUT2D eigenvalue weighted by atomic mass is 32.2. The van der Waals surface area contributed by atoms with Crippen LogP contribution in [-0.2, 0) is 0 Å². The summed E-state index contributed by atoms with van der Waals surface area (Å²) in [6.45, 7) is 6.09. The molecule has 13 heavy (non-hydrogen) atoms. The molecular formula is C10H23NOS. The molecule has 1 unspecified atom stereocenters. The monoisotopic (exact) mass is 205 g/mol. The molecule has 80 valence electrons. The summed E-state index contributed by atoms with van der Waals surface area (Å²) in [4.78, 5) is 0. The lowest BCUT2D eigenvalue weighted by Crippen LogP contribution is -2.30. The van der Waals surface area contributed by atoms with E-state index in [9.17, 15) is 5.11 Å². The molecule has 0 heterocycles. The third-order valence-electron chi connectivity index (χ3n) is 2.40. The summed E-state index contributed by atoms with van der Waals surface area (Å²) in [6, 6.07) is 0.281. The van der Waals surface area contributed by atoms with Gasteiger partial charge in [-0.2, -0.15) is 11.8 Å². The summed E-state index contributed by atoms with van der Waals surface area (Å²) in [5.74, 6) is 1.90. The predicted molar refractivity (Wildman–Crippen MR) is 61.1 cm³/mol. The minimum Gasteiger partial charge on any atom is -0.389 e. The fourth-order valence-corrected chi connectivity index (χ4v) is 2.46. The Labute approximate surface area is 86.3 Å². The molecular weight excluding hydrogens is 182 g/mol. The molecule has 0 saturated carbocycles. The van der Waals surface area contributed by atoms with E-state index < -0.39 is 5.60 Å². The predicted octanol–water partition coefficient (Wildman–Crippen LogP) is 2.01. The third-order valence-corrected chi connectivity index (χ3v) is 3.67. The van der Waals surface area contributed by atoms with E-state index in [4.69, 9.17) is 5.73 Å². The van der Waals surface area contributed by atoms with Crippen LogP contribution in [0.15, 0.2) is 0 Å². The number of rotatable bonds is 7. The molecule has 0 aliphatic rings. The highest BCUT2D eigenvalue weighted by Gasteiger charge is 2.21. The van der Waals surface area contributed by atoms with Gasteiger partial charge in [-0.3, -0.25) is 0 Å². The Kier molecular flexibility index (Phi) is 6.82. The van der Waals surface area contributed by atoms with Gasteiger partial charge in [-0.15, -0.1) is 0 Å².